The van der Waals surface area contributed by atoms with E-state index in [-0.39, 0.29) is 12.5 Å². The van der Waals surface area contributed by atoms with Gasteiger partial charge in [0.05, 0.1) is 19.1 Å². The molecule has 2 heterocycles. The maximum atomic E-state index is 12.6. The molecule has 120 valence electrons. The van der Waals surface area contributed by atoms with Crippen LogP contribution in [-0.2, 0) is 9.53 Å². The van der Waals surface area contributed by atoms with Crippen molar-refractivity contribution in [3.8, 4) is 0 Å². The third-order valence-corrected chi connectivity index (χ3v) is 4.25. The van der Waals surface area contributed by atoms with E-state index >= 15 is 0 Å². The standard InChI is InChI=1S/C14H25N3O4/c1-3-15-4-5-16(9-11(15)2)14(20)17-6-7-21-12(10-17)8-13(18)19/h11-12H,3-10H2,1-2H3,(H,18,19). The van der Waals surface area contributed by atoms with Crippen LogP contribution in [0.4, 0.5) is 4.79 Å². The number of morpholine rings is 1. The highest BCUT2D eigenvalue weighted by atomic mass is 16.5. The molecule has 2 aliphatic heterocycles. The molecule has 2 fully saturated rings. The van der Waals surface area contributed by atoms with Gasteiger partial charge in [-0.3, -0.25) is 9.69 Å². The highest BCUT2D eigenvalue weighted by molar-refractivity contribution is 5.75. The zero-order valence-corrected chi connectivity index (χ0v) is 12.8. The van der Waals surface area contributed by atoms with Gasteiger partial charge in [0.15, 0.2) is 0 Å². The van der Waals surface area contributed by atoms with E-state index in [1.807, 2.05) is 4.90 Å². The number of nitrogens with zero attached hydrogens (tertiary/aromatic N) is 3. The van der Waals surface area contributed by atoms with E-state index in [1.165, 1.54) is 0 Å². The first-order valence-electron chi connectivity index (χ1n) is 7.62. The van der Waals surface area contributed by atoms with Gasteiger partial charge >= 0.3 is 12.0 Å². The molecule has 0 spiro atoms. The lowest BCUT2D eigenvalue weighted by Crippen LogP contribution is -2.58. The normalized spacial score (nSPS) is 27.7. The topological polar surface area (TPSA) is 73.3 Å². The van der Waals surface area contributed by atoms with Crippen LogP contribution in [0.3, 0.4) is 0 Å². The second kappa shape index (κ2) is 7.09. The summed E-state index contributed by atoms with van der Waals surface area (Å²) in [6, 6.07) is 0.375. The van der Waals surface area contributed by atoms with Crippen molar-refractivity contribution in [3.63, 3.8) is 0 Å². The molecule has 0 aromatic heterocycles. The monoisotopic (exact) mass is 299 g/mol. The number of likely N-dealkylation sites (N-methyl/N-ethyl adjacent to an activating group) is 1. The summed E-state index contributed by atoms with van der Waals surface area (Å²) in [7, 11) is 0. The van der Waals surface area contributed by atoms with E-state index < -0.39 is 12.1 Å². The van der Waals surface area contributed by atoms with Crippen LogP contribution in [0.15, 0.2) is 0 Å². The summed E-state index contributed by atoms with van der Waals surface area (Å²) < 4.78 is 5.41. The average Bonchev–Trinajstić information content (AvgIpc) is 2.46. The van der Waals surface area contributed by atoms with E-state index in [9.17, 15) is 9.59 Å². The number of ether oxygens (including phenoxy) is 1. The molecule has 2 saturated heterocycles. The Balaban J connectivity index is 1.89. The van der Waals surface area contributed by atoms with Crippen molar-refractivity contribution in [2.45, 2.75) is 32.4 Å². The zero-order chi connectivity index (χ0) is 15.4. The number of carboxylic acid groups (broad SMARTS) is 1. The molecule has 0 bridgehead atoms. The molecule has 7 heteroatoms. The van der Waals surface area contributed by atoms with Gasteiger partial charge in [-0.1, -0.05) is 6.92 Å². The second-order valence-corrected chi connectivity index (χ2v) is 5.74. The van der Waals surface area contributed by atoms with Gasteiger partial charge < -0.3 is 19.6 Å². The van der Waals surface area contributed by atoms with Crippen LogP contribution in [0, 0.1) is 0 Å². The van der Waals surface area contributed by atoms with Gasteiger partial charge in [0.25, 0.3) is 0 Å². The summed E-state index contributed by atoms with van der Waals surface area (Å²) in [6.45, 7) is 8.94. The lowest BCUT2D eigenvalue weighted by atomic mass is 10.2. The van der Waals surface area contributed by atoms with Crippen LogP contribution in [-0.4, -0.2) is 89.8 Å². The number of rotatable bonds is 3. The number of carboxylic acids is 1. The van der Waals surface area contributed by atoms with Crippen LogP contribution in [0.25, 0.3) is 0 Å². The fourth-order valence-electron chi connectivity index (χ4n) is 3.05. The molecule has 2 amide bonds. The van der Waals surface area contributed by atoms with Crippen molar-refractivity contribution in [2.24, 2.45) is 0 Å². The van der Waals surface area contributed by atoms with E-state index in [0.29, 0.717) is 25.7 Å². The van der Waals surface area contributed by atoms with Crippen LogP contribution >= 0.6 is 0 Å². The van der Waals surface area contributed by atoms with E-state index in [2.05, 4.69) is 18.7 Å². The molecule has 0 aromatic carbocycles. The highest BCUT2D eigenvalue weighted by Crippen LogP contribution is 2.15. The van der Waals surface area contributed by atoms with Crippen LogP contribution in [0.5, 0.6) is 0 Å². The Morgan fingerprint density at radius 2 is 1.90 bits per heavy atom. The van der Waals surface area contributed by atoms with Gasteiger partial charge in [0, 0.05) is 38.8 Å². The van der Waals surface area contributed by atoms with Crippen LogP contribution in [0.1, 0.15) is 20.3 Å². The minimum Gasteiger partial charge on any atom is -0.481 e. The van der Waals surface area contributed by atoms with Crippen LogP contribution in [0.2, 0.25) is 0 Å². The van der Waals surface area contributed by atoms with E-state index in [1.54, 1.807) is 4.90 Å². The summed E-state index contributed by atoms with van der Waals surface area (Å²) in [6.07, 6.45) is -0.446. The Kier molecular flexibility index (Phi) is 5.41. The first-order chi connectivity index (χ1) is 10.0. The Morgan fingerprint density at radius 1 is 1.19 bits per heavy atom. The smallest absolute Gasteiger partial charge is 0.320 e. The molecule has 2 unspecified atom stereocenters. The summed E-state index contributed by atoms with van der Waals surface area (Å²) in [5.41, 5.74) is 0. The Hall–Kier alpha value is -1.34. The Morgan fingerprint density at radius 3 is 2.52 bits per heavy atom. The first kappa shape index (κ1) is 16.0. The van der Waals surface area contributed by atoms with Gasteiger partial charge in [-0.15, -0.1) is 0 Å². The van der Waals surface area contributed by atoms with Crippen LogP contribution < -0.4 is 0 Å². The van der Waals surface area contributed by atoms with E-state index in [0.717, 1.165) is 26.2 Å². The number of carbonyl (C=O) groups excluding carboxylic acids is 1. The summed E-state index contributed by atoms with van der Waals surface area (Å²) >= 11 is 0. The van der Waals surface area contributed by atoms with Gasteiger partial charge in [0.1, 0.15) is 0 Å². The lowest BCUT2D eigenvalue weighted by Gasteiger charge is -2.42. The first-order valence-corrected chi connectivity index (χ1v) is 7.62. The van der Waals surface area contributed by atoms with Gasteiger partial charge in [0.2, 0.25) is 0 Å². The van der Waals surface area contributed by atoms with Crippen molar-refractivity contribution < 1.29 is 19.4 Å². The molecule has 7 nitrogen and oxygen atoms in total. The number of carbonyl (C=O) groups is 2. The Labute approximate surface area is 125 Å². The summed E-state index contributed by atoms with van der Waals surface area (Å²) in [5.74, 6) is -0.889. The molecule has 2 atom stereocenters. The number of aliphatic carboxylic acids is 1. The predicted octanol–water partition coefficient (Wildman–Crippen LogP) is 0.308. The van der Waals surface area contributed by atoms with Crippen molar-refractivity contribution in [1.82, 2.24) is 14.7 Å². The average molecular weight is 299 g/mol. The minimum atomic E-state index is -0.889. The maximum Gasteiger partial charge on any atom is 0.320 e. The summed E-state index contributed by atoms with van der Waals surface area (Å²) in [4.78, 5) is 29.3. The molecule has 2 rings (SSSR count). The van der Waals surface area contributed by atoms with Crippen molar-refractivity contribution in [2.75, 3.05) is 45.9 Å². The SMILES string of the molecule is CCN1CCN(C(=O)N2CCOC(CC(=O)O)C2)CC1C. The van der Waals surface area contributed by atoms with Gasteiger partial charge in [-0.25, -0.2) is 4.79 Å². The molecule has 21 heavy (non-hydrogen) atoms. The molecular weight excluding hydrogens is 274 g/mol. The largest absolute Gasteiger partial charge is 0.481 e. The molecule has 0 aromatic rings. The van der Waals surface area contributed by atoms with Crippen molar-refractivity contribution in [1.29, 1.82) is 0 Å². The number of hydrogen-bond donors (Lipinski definition) is 1. The maximum absolute atomic E-state index is 12.6. The zero-order valence-electron chi connectivity index (χ0n) is 12.8. The number of amides is 2. The molecule has 1 N–H and O–H groups in total. The van der Waals surface area contributed by atoms with Crippen molar-refractivity contribution >= 4 is 12.0 Å². The predicted molar refractivity (Wildman–Crippen MR) is 77.2 cm³/mol. The molecule has 0 radical (unpaired) electrons. The molecular formula is C14H25N3O4. The van der Waals surface area contributed by atoms with E-state index in [4.69, 9.17) is 9.84 Å². The van der Waals surface area contributed by atoms with Gasteiger partial charge in [-0.2, -0.15) is 0 Å². The fraction of sp³-hybridized carbons (Fsp3) is 0.857. The fourth-order valence-corrected chi connectivity index (χ4v) is 3.05. The summed E-state index contributed by atoms with van der Waals surface area (Å²) in [5, 5.41) is 8.83. The minimum absolute atomic E-state index is 0.0105. The molecule has 0 saturated carbocycles. The highest BCUT2D eigenvalue weighted by Gasteiger charge is 2.32. The molecule has 2 aliphatic rings. The number of piperazine rings is 1. The second-order valence-electron chi connectivity index (χ2n) is 5.74. The lowest BCUT2D eigenvalue weighted by molar-refractivity contribution is -0.141. The molecule has 0 aliphatic carbocycles. The van der Waals surface area contributed by atoms with Gasteiger partial charge in [-0.05, 0) is 13.5 Å². The third kappa shape index (κ3) is 4.07. The third-order valence-electron chi connectivity index (χ3n) is 4.25. The Bertz CT molecular complexity index is 390. The number of urea groups is 1. The van der Waals surface area contributed by atoms with Crippen molar-refractivity contribution in [3.05, 3.63) is 0 Å². The quantitative estimate of drug-likeness (QED) is 0.812. The number of hydrogen-bond acceptors (Lipinski definition) is 4.